The van der Waals surface area contributed by atoms with Crippen molar-refractivity contribution in [2.24, 2.45) is 0 Å². The molecule has 1 N–H and O–H groups in total. The molecular formula is C18H22N2O5. The van der Waals surface area contributed by atoms with Crippen LogP contribution in [0.5, 0.6) is 11.5 Å². The minimum Gasteiger partial charge on any atom is -0.493 e. The quantitative estimate of drug-likeness (QED) is 0.739. The fourth-order valence-corrected chi connectivity index (χ4v) is 2.07. The molecule has 0 aliphatic heterocycles. The highest BCUT2D eigenvalue weighted by Gasteiger charge is 2.12. The molecule has 0 atom stereocenters. The second-order valence-electron chi connectivity index (χ2n) is 5.86. The van der Waals surface area contributed by atoms with Gasteiger partial charge < -0.3 is 19.3 Å². The molecular weight excluding hydrogens is 324 g/mol. The number of carbonyl (C=O) groups excluding carboxylic acids is 2. The van der Waals surface area contributed by atoms with Crippen LogP contribution in [0, 0.1) is 0 Å². The fraction of sp³-hybridized carbons (Fsp3) is 0.389. The first-order chi connectivity index (χ1) is 11.9. The van der Waals surface area contributed by atoms with Crippen molar-refractivity contribution >= 4 is 11.7 Å². The summed E-state index contributed by atoms with van der Waals surface area (Å²) in [5.74, 6) is 1.26. The summed E-state index contributed by atoms with van der Waals surface area (Å²) in [6.45, 7) is 5.55. The number of hydrogen-bond acceptors (Lipinski definition) is 6. The van der Waals surface area contributed by atoms with Gasteiger partial charge in [-0.15, -0.1) is 0 Å². The van der Waals surface area contributed by atoms with Crippen molar-refractivity contribution < 1.29 is 23.6 Å². The molecule has 134 valence electrons. The van der Waals surface area contributed by atoms with Crippen LogP contribution < -0.4 is 14.8 Å². The van der Waals surface area contributed by atoms with E-state index in [0.29, 0.717) is 22.8 Å². The van der Waals surface area contributed by atoms with E-state index >= 15 is 0 Å². The third-order valence-electron chi connectivity index (χ3n) is 3.56. The first-order valence-electron chi connectivity index (χ1n) is 7.94. The molecule has 1 heterocycles. The normalized spacial score (nSPS) is 10.6. The summed E-state index contributed by atoms with van der Waals surface area (Å²) in [5.41, 5.74) is 1.36. The van der Waals surface area contributed by atoms with Crippen LogP contribution in [0.1, 0.15) is 48.5 Å². The van der Waals surface area contributed by atoms with Crippen molar-refractivity contribution in [1.82, 2.24) is 10.5 Å². The highest BCUT2D eigenvalue weighted by atomic mass is 16.5. The van der Waals surface area contributed by atoms with Gasteiger partial charge in [-0.3, -0.25) is 9.59 Å². The van der Waals surface area contributed by atoms with Crippen molar-refractivity contribution in [2.45, 2.75) is 33.2 Å². The summed E-state index contributed by atoms with van der Waals surface area (Å²) in [4.78, 5) is 23.3. The van der Waals surface area contributed by atoms with Crippen LogP contribution in [0.15, 0.2) is 28.8 Å². The first kappa shape index (κ1) is 18.5. The number of methoxy groups -OCH3 is 1. The first-order valence-corrected chi connectivity index (χ1v) is 7.94. The molecule has 0 aliphatic carbocycles. The van der Waals surface area contributed by atoms with Crippen LogP contribution in [0.4, 0.5) is 0 Å². The molecule has 7 nitrogen and oxygen atoms in total. The predicted octanol–water partition coefficient (Wildman–Crippen LogP) is 2.70. The predicted molar refractivity (Wildman–Crippen MR) is 90.9 cm³/mol. The minimum absolute atomic E-state index is 0.0737. The zero-order valence-corrected chi connectivity index (χ0v) is 14.8. The van der Waals surface area contributed by atoms with Gasteiger partial charge in [0.1, 0.15) is 0 Å². The topological polar surface area (TPSA) is 90.7 Å². The molecule has 0 bridgehead atoms. The Hall–Kier alpha value is -2.83. The number of Topliss-reactive ketones (excluding diaryl/α,β-unsaturated/α-hetero) is 1. The van der Waals surface area contributed by atoms with Crippen LogP contribution in [0.3, 0.4) is 0 Å². The third-order valence-corrected chi connectivity index (χ3v) is 3.56. The van der Waals surface area contributed by atoms with Crippen LogP contribution in [-0.4, -0.2) is 30.6 Å². The zero-order chi connectivity index (χ0) is 18.4. The number of ketones is 1. The highest BCUT2D eigenvalue weighted by Crippen LogP contribution is 2.28. The molecule has 2 aromatic rings. The molecule has 0 spiro atoms. The van der Waals surface area contributed by atoms with E-state index in [0.717, 1.165) is 5.69 Å². The Bertz CT molecular complexity index is 752. The lowest BCUT2D eigenvalue weighted by Crippen LogP contribution is -2.28. The van der Waals surface area contributed by atoms with Crippen molar-refractivity contribution in [3.63, 3.8) is 0 Å². The smallest absolute Gasteiger partial charge is 0.258 e. The molecule has 0 radical (unpaired) electrons. The van der Waals surface area contributed by atoms with Gasteiger partial charge in [-0.25, -0.2) is 0 Å². The number of rotatable bonds is 8. The Labute approximate surface area is 146 Å². The number of nitrogens with one attached hydrogen (secondary N) is 1. The van der Waals surface area contributed by atoms with E-state index in [4.69, 9.17) is 14.0 Å². The van der Waals surface area contributed by atoms with Crippen LogP contribution in [0.25, 0.3) is 0 Å². The van der Waals surface area contributed by atoms with Crippen molar-refractivity contribution in [2.75, 3.05) is 13.7 Å². The maximum atomic E-state index is 11.9. The molecule has 1 amide bonds. The van der Waals surface area contributed by atoms with E-state index < -0.39 is 0 Å². The number of carbonyl (C=O) groups is 2. The lowest BCUT2D eigenvalue weighted by Gasteiger charge is -2.11. The Morgan fingerprint density at radius 2 is 2.00 bits per heavy atom. The second kappa shape index (κ2) is 8.32. The Kier molecular flexibility index (Phi) is 6.16. The van der Waals surface area contributed by atoms with Gasteiger partial charge in [-0.2, -0.15) is 0 Å². The largest absolute Gasteiger partial charge is 0.493 e. The standard InChI is InChI=1S/C18H22N2O5/c1-11(2)15-8-14(25-20-15)9-19-18(22)10-24-16-6-5-13(12(3)21)7-17(16)23-4/h5-8,11H,9-10H2,1-4H3,(H,19,22). The molecule has 1 aromatic carbocycles. The summed E-state index contributed by atoms with van der Waals surface area (Å²) in [6.07, 6.45) is 0. The van der Waals surface area contributed by atoms with Crippen molar-refractivity contribution in [3.8, 4) is 11.5 Å². The SMILES string of the molecule is COc1cc(C(C)=O)ccc1OCC(=O)NCc1cc(C(C)C)no1. The number of amides is 1. The summed E-state index contributed by atoms with van der Waals surface area (Å²) in [7, 11) is 1.47. The van der Waals surface area contributed by atoms with Crippen molar-refractivity contribution in [3.05, 3.63) is 41.3 Å². The number of nitrogens with zero attached hydrogens (tertiary/aromatic N) is 1. The number of benzene rings is 1. The molecule has 25 heavy (non-hydrogen) atoms. The van der Waals surface area contributed by atoms with Gasteiger partial charge in [0, 0.05) is 11.6 Å². The molecule has 1 aromatic heterocycles. The summed E-state index contributed by atoms with van der Waals surface area (Å²) in [5, 5.41) is 6.63. The van der Waals surface area contributed by atoms with E-state index in [2.05, 4.69) is 10.5 Å². The molecule has 0 unspecified atom stereocenters. The lowest BCUT2D eigenvalue weighted by molar-refractivity contribution is -0.123. The molecule has 0 saturated carbocycles. The maximum absolute atomic E-state index is 11.9. The Morgan fingerprint density at radius 1 is 1.24 bits per heavy atom. The van der Waals surface area contributed by atoms with E-state index in [1.807, 2.05) is 19.9 Å². The van der Waals surface area contributed by atoms with Gasteiger partial charge >= 0.3 is 0 Å². The second-order valence-corrected chi connectivity index (χ2v) is 5.86. The van der Waals surface area contributed by atoms with E-state index in [1.54, 1.807) is 18.2 Å². The molecule has 2 rings (SSSR count). The molecule has 0 saturated heterocycles. The zero-order valence-electron chi connectivity index (χ0n) is 14.8. The number of ether oxygens (including phenoxy) is 2. The summed E-state index contributed by atoms with van der Waals surface area (Å²) in [6, 6.07) is 6.63. The molecule has 7 heteroatoms. The maximum Gasteiger partial charge on any atom is 0.258 e. The van der Waals surface area contributed by atoms with Gasteiger partial charge in [-0.1, -0.05) is 19.0 Å². The minimum atomic E-state index is -0.305. The van der Waals surface area contributed by atoms with Gasteiger partial charge in [0.05, 0.1) is 19.3 Å². The number of hydrogen-bond donors (Lipinski definition) is 1. The van der Waals surface area contributed by atoms with Crippen molar-refractivity contribution in [1.29, 1.82) is 0 Å². The van der Waals surface area contributed by atoms with Gasteiger partial charge in [0.2, 0.25) is 0 Å². The Morgan fingerprint density at radius 3 is 2.60 bits per heavy atom. The monoisotopic (exact) mass is 346 g/mol. The summed E-state index contributed by atoms with van der Waals surface area (Å²) >= 11 is 0. The third kappa shape index (κ3) is 5.07. The van der Waals surface area contributed by atoms with E-state index in [1.165, 1.54) is 14.0 Å². The van der Waals surface area contributed by atoms with E-state index in [9.17, 15) is 9.59 Å². The summed E-state index contributed by atoms with van der Waals surface area (Å²) < 4.78 is 15.8. The lowest BCUT2D eigenvalue weighted by atomic mass is 10.1. The van der Waals surface area contributed by atoms with E-state index in [-0.39, 0.29) is 30.8 Å². The van der Waals surface area contributed by atoms with Gasteiger partial charge in [0.25, 0.3) is 5.91 Å². The average molecular weight is 346 g/mol. The fourth-order valence-electron chi connectivity index (χ4n) is 2.07. The van der Waals surface area contributed by atoms with Crippen LogP contribution in [0.2, 0.25) is 0 Å². The van der Waals surface area contributed by atoms with Crippen LogP contribution >= 0.6 is 0 Å². The molecule has 0 fully saturated rings. The molecule has 0 aliphatic rings. The average Bonchev–Trinajstić information content (AvgIpc) is 3.07. The van der Waals surface area contributed by atoms with Gasteiger partial charge in [0.15, 0.2) is 29.6 Å². The number of aromatic nitrogens is 1. The van der Waals surface area contributed by atoms with Gasteiger partial charge in [-0.05, 0) is 31.0 Å². The Balaban J connectivity index is 1.88. The van der Waals surface area contributed by atoms with Crippen LogP contribution in [-0.2, 0) is 11.3 Å². The highest BCUT2D eigenvalue weighted by molar-refractivity contribution is 5.94.